The van der Waals surface area contributed by atoms with Gasteiger partial charge in [-0.2, -0.15) is 0 Å². The predicted octanol–water partition coefficient (Wildman–Crippen LogP) is 0.923. The predicted molar refractivity (Wildman–Crippen MR) is 33.5 cm³/mol. The molecule has 0 atom stereocenters. The first kappa shape index (κ1) is 7.27. The summed E-state index contributed by atoms with van der Waals surface area (Å²) in [7, 11) is 0. The molecule has 0 aliphatic carbocycles. The molecule has 3 nitrogen and oxygen atoms in total. The Kier molecular flexibility index (Phi) is 4.03. The zero-order valence-corrected chi connectivity index (χ0v) is 5.56. The van der Waals surface area contributed by atoms with Crippen LogP contribution in [0, 0.1) is 0 Å². The Morgan fingerprint density at radius 3 is 2.38 bits per heavy atom. The van der Waals surface area contributed by atoms with Gasteiger partial charge in [0.15, 0.2) is 6.73 Å². The van der Waals surface area contributed by atoms with Crippen LogP contribution in [0.2, 0.25) is 0 Å². The molecule has 1 N–H and O–H groups in total. The van der Waals surface area contributed by atoms with Gasteiger partial charge in [0.1, 0.15) is 0 Å². The molecule has 0 bridgehead atoms. The minimum atomic E-state index is 0.534. The summed E-state index contributed by atoms with van der Waals surface area (Å²) >= 11 is 0. The summed E-state index contributed by atoms with van der Waals surface area (Å²) in [6, 6.07) is 0. The first-order chi connectivity index (χ1) is 3.89. The summed E-state index contributed by atoms with van der Waals surface area (Å²) in [5, 5.41) is 3.68. The fraction of sp³-hybridized carbons (Fsp3) is 0.800. The smallest absolute Gasteiger partial charge is 0.204 e. The molecule has 3 heteroatoms. The highest BCUT2D eigenvalue weighted by molar-refractivity contribution is 5.73. The number of hydrazone groups is 1. The maximum absolute atomic E-state index is 4.79. The van der Waals surface area contributed by atoms with Gasteiger partial charge >= 0.3 is 0 Å². The van der Waals surface area contributed by atoms with Crippen molar-refractivity contribution in [2.75, 3.05) is 6.73 Å². The zero-order chi connectivity index (χ0) is 6.41. The van der Waals surface area contributed by atoms with Crippen molar-refractivity contribution in [3.8, 4) is 0 Å². The van der Waals surface area contributed by atoms with Crippen molar-refractivity contribution in [1.29, 1.82) is 0 Å². The zero-order valence-electron chi connectivity index (χ0n) is 5.56. The van der Waals surface area contributed by atoms with Crippen LogP contribution in [0.1, 0.15) is 20.8 Å². The van der Waals surface area contributed by atoms with Crippen LogP contribution in [0.3, 0.4) is 0 Å². The summed E-state index contributed by atoms with van der Waals surface area (Å²) in [6.45, 7) is 6.34. The van der Waals surface area contributed by atoms with Crippen LogP contribution in [0.4, 0.5) is 0 Å². The molecule has 0 radical (unpaired) electrons. The second-order valence-electron chi connectivity index (χ2n) is 1.08. The highest BCUT2D eigenvalue weighted by Crippen LogP contribution is 1.83. The van der Waals surface area contributed by atoms with E-state index in [1.807, 2.05) is 13.8 Å². The van der Waals surface area contributed by atoms with Gasteiger partial charge in [-0.15, -0.1) is 5.10 Å². The minimum Gasteiger partial charge on any atom is -0.457 e. The largest absolute Gasteiger partial charge is 0.457 e. The molecule has 1 heterocycles. The van der Waals surface area contributed by atoms with Crippen molar-refractivity contribution in [3.05, 3.63) is 0 Å². The van der Waals surface area contributed by atoms with Crippen molar-refractivity contribution < 1.29 is 4.74 Å². The summed E-state index contributed by atoms with van der Waals surface area (Å²) in [4.78, 5) is 0. The van der Waals surface area contributed by atoms with Crippen LogP contribution in [0.15, 0.2) is 5.10 Å². The van der Waals surface area contributed by atoms with E-state index in [-0.39, 0.29) is 0 Å². The van der Waals surface area contributed by atoms with Gasteiger partial charge in [-0.05, 0) is 0 Å². The van der Waals surface area contributed by atoms with Gasteiger partial charge in [-0.25, -0.2) is 0 Å². The third kappa shape index (κ3) is 2.44. The number of nitrogens with zero attached hydrogens (tertiary/aromatic N) is 1. The monoisotopic (exact) mass is 116 g/mol. The van der Waals surface area contributed by atoms with E-state index in [2.05, 4.69) is 10.5 Å². The number of hydrogen-bond donors (Lipinski definition) is 1. The Labute approximate surface area is 49.7 Å². The molecule has 0 spiro atoms. The molecule has 48 valence electrons. The Morgan fingerprint density at radius 1 is 1.62 bits per heavy atom. The first-order valence-electron chi connectivity index (χ1n) is 2.79. The maximum Gasteiger partial charge on any atom is 0.204 e. The molecule has 0 saturated heterocycles. The lowest BCUT2D eigenvalue weighted by Crippen LogP contribution is -1.99. The highest BCUT2D eigenvalue weighted by atomic mass is 16.5. The molecule has 8 heavy (non-hydrogen) atoms. The number of hydrogen-bond acceptors (Lipinski definition) is 3. The van der Waals surface area contributed by atoms with E-state index in [0.29, 0.717) is 6.73 Å². The Balaban J connectivity index is 0.000000222. The fourth-order valence-electron chi connectivity index (χ4n) is 0.313. The molecule has 0 saturated carbocycles. The second-order valence-corrected chi connectivity index (χ2v) is 1.08. The van der Waals surface area contributed by atoms with E-state index in [0.717, 1.165) is 5.90 Å². The van der Waals surface area contributed by atoms with Crippen LogP contribution < -0.4 is 5.43 Å². The van der Waals surface area contributed by atoms with E-state index in [1.54, 1.807) is 6.92 Å². The van der Waals surface area contributed by atoms with Crippen LogP contribution in [-0.2, 0) is 4.74 Å². The molecule has 1 rings (SSSR count). The second kappa shape index (κ2) is 4.43. The number of rotatable bonds is 0. The molecule has 0 aromatic carbocycles. The van der Waals surface area contributed by atoms with Gasteiger partial charge in [0.25, 0.3) is 0 Å². The van der Waals surface area contributed by atoms with Crippen LogP contribution in [0.25, 0.3) is 0 Å². The van der Waals surface area contributed by atoms with Crippen molar-refractivity contribution in [3.63, 3.8) is 0 Å². The van der Waals surface area contributed by atoms with Gasteiger partial charge < -0.3 is 4.74 Å². The minimum absolute atomic E-state index is 0.534. The van der Waals surface area contributed by atoms with Crippen molar-refractivity contribution in [2.45, 2.75) is 20.8 Å². The lowest BCUT2D eigenvalue weighted by atomic mass is 10.8. The average molecular weight is 116 g/mol. The summed E-state index contributed by atoms with van der Waals surface area (Å²) in [5.41, 5.74) is 2.64. The van der Waals surface area contributed by atoms with Crippen molar-refractivity contribution in [1.82, 2.24) is 5.43 Å². The average Bonchev–Trinajstić information content (AvgIpc) is 2.24. The van der Waals surface area contributed by atoms with E-state index >= 15 is 0 Å². The van der Waals surface area contributed by atoms with E-state index < -0.39 is 0 Å². The van der Waals surface area contributed by atoms with E-state index in [9.17, 15) is 0 Å². The molecule has 0 amide bonds. The topological polar surface area (TPSA) is 33.6 Å². The van der Waals surface area contributed by atoms with Crippen LogP contribution in [-0.4, -0.2) is 12.6 Å². The maximum atomic E-state index is 4.79. The van der Waals surface area contributed by atoms with E-state index in [1.165, 1.54) is 0 Å². The van der Waals surface area contributed by atoms with Crippen LogP contribution in [0.5, 0.6) is 0 Å². The molecule has 0 aromatic rings. The highest BCUT2D eigenvalue weighted by Gasteiger charge is 1.94. The quantitative estimate of drug-likeness (QED) is 0.510. The van der Waals surface area contributed by atoms with Gasteiger partial charge in [-0.1, -0.05) is 13.8 Å². The lowest BCUT2D eigenvalue weighted by molar-refractivity contribution is 0.314. The summed E-state index contributed by atoms with van der Waals surface area (Å²) in [6.07, 6.45) is 0. The fourth-order valence-corrected chi connectivity index (χ4v) is 0.313. The third-order valence-electron chi connectivity index (χ3n) is 0.582. The van der Waals surface area contributed by atoms with Gasteiger partial charge in [0, 0.05) is 6.92 Å². The Hall–Kier alpha value is -0.730. The summed E-state index contributed by atoms with van der Waals surface area (Å²) in [5.74, 6) is 0.718. The van der Waals surface area contributed by atoms with E-state index in [4.69, 9.17) is 4.74 Å². The molecular formula is C5H12N2O. The van der Waals surface area contributed by atoms with Gasteiger partial charge in [0.05, 0.1) is 0 Å². The van der Waals surface area contributed by atoms with Crippen molar-refractivity contribution in [2.24, 2.45) is 5.10 Å². The van der Waals surface area contributed by atoms with Crippen LogP contribution >= 0.6 is 0 Å². The van der Waals surface area contributed by atoms with Crippen molar-refractivity contribution >= 4 is 5.90 Å². The molecule has 1 aliphatic rings. The number of nitrogens with one attached hydrogen (secondary N) is 1. The Morgan fingerprint density at radius 2 is 2.25 bits per heavy atom. The molecule has 0 fully saturated rings. The Bertz CT molecular complexity index is 80.5. The molecule has 0 unspecified atom stereocenters. The third-order valence-corrected chi connectivity index (χ3v) is 0.582. The standard InChI is InChI=1S/C3H6N2O.C2H6/c1-3-5-4-2-6-3;1-2/h4H,2H2,1H3;1-2H3. The van der Waals surface area contributed by atoms with Gasteiger partial charge in [-0.3, -0.25) is 5.43 Å². The first-order valence-corrected chi connectivity index (χ1v) is 2.79. The SMILES string of the molecule is CC.CC1=NNCO1. The molecule has 0 aromatic heterocycles. The van der Waals surface area contributed by atoms with Gasteiger partial charge in [0.2, 0.25) is 5.90 Å². The molecular weight excluding hydrogens is 104 g/mol. The molecule has 1 aliphatic heterocycles. The summed E-state index contributed by atoms with van der Waals surface area (Å²) < 4.78 is 4.79. The number of ether oxygens (including phenoxy) is 1. The lowest BCUT2D eigenvalue weighted by Gasteiger charge is -1.84. The normalized spacial score (nSPS) is 14.6.